The molecule has 3 heterocycles. The molecule has 2 amide bonds. The number of aryl methyl sites for hydroxylation is 2. The standard InChI is InChI=1S/C22H26N6O/c1-3-18-6-8-19(9-7-18)25-22(29)28-14-12-27(13-15-28)21-16-20(23-17(2)24-21)26-10-4-5-11-26/h4-11,16H,3,12-15H2,1-2H3,(H,25,29). The van der Waals surface area contributed by atoms with E-state index in [4.69, 9.17) is 0 Å². The van der Waals surface area contributed by atoms with Crippen LogP contribution in [0.5, 0.6) is 0 Å². The Morgan fingerprint density at radius 1 is 1.00 bits per heavy atom. The highest BCUT2D eigenvalue weighted by Crippen LogP contribution is 2.18. The predicted molar refractivity (Wildman–Crippen MR) is 115 cm³/mol. The molecule has 0 saturated carbocycles. The van der Waals surface area contributed by atoms with E-state index in [1.165, 1.54) is 5.56 Å². The molecule has 0 atom stereocenters. The Morgan fingerprint density at radius 3 is 2.31 bits per heavy atom. The Balaban J connectivity index is 1.38. The predicted octanol–water partition coefficient (Wildman–Crippen LogP) is 3.49. The van der Waals surface area contributed by atoms with Gasteiger partial charge < -0.3 is 19.7 Å². The van der Waals surface area contributed by atoms with Gasteiger partial charge in [0.05, 0.1) is 0 Å². The zero-order valence-electron chi connectivity index (χ0n) is 16.9. The maximum absolute atomic E-state index is 12.6. The van der Waals surface area contributed by atoms with Crippen LogP contribution < -0.4 is 10.2 Å². The second kappa shape index (κ2) is 8.34. The zero-order chi connectivity index (χ0) is 20.2. The summed E-state index contributed by atoms with van der Waals surface area (Å²) in [5.41, 5.74) is 2.09. The molecule has 0 aliphatic carbocycles. The molecule has 1 fully saturated rings. The summed E-state index contributed by atoms with van der Waals surface area (Å²) in [7, 11) is 0. The fourth-order valence-electron chi connectivity index (χ4n) is 3.48. The van der Waals surface area contributed by atoms with Gasteiger partial charge in [-0.1, -0.05) is 19.1 Å². The van der Waals surface area contributed by atoms with Crippen LogP contribution in [0, 0.1) is 6.92 Å². The number of carbonyl (C=O) groups excluding carboxylic acids is 1. The van der Waals surface area contributed by atoms with Crippen molar-refractivity contribution in [2.24, 2.45) is 0 Å². The Labute approximate surface area is 171 Å². The maximum Gasteiger partial charge on any atom is 0.321 e. The lowest BCUT2D eigenvalue weighted by Gasteiger charge is -2.35. The molecule has 29 heavy (non-hydrogen) atoms. The highest BCUT2D eigenvalue weighted by molar-refractivity contribution is 5.89. The van der Waals surface area contributed by atoms with Crippen LogP contribution in [0.3, 0.4) is 0 Å². The van der Waals surface area contributed by atoms with Gasteiger partial charge in [0.1, 0.15) is 17.5 Å². The number of piperazine rings is 1. The van der Waals surface area contributed by atoms with E-state index in [1.54, 1.807) is 0 Å². The maximum atomic E-state index is 12.6. The summed E-state index contributed by atoms with van der Waals surface area (Å²) in [5, 5.41) is 2.99. The van der Waals surface area contributed by atoms with Gasteiger partial charge in [-0.15, -0.1) is 0 Å². The minimum absolute atomic E-state index is 0.0548. The third-order valence-corrected chi connectivity index (χ3v) is 5.18. The van der Waals surface area contributed by atoms with E-state index in [0.717, 1.165) is 42.7 Å². The van der Waals surface area contributed by atoms with Crippen LogP contribution in [0.15, 0.2) is 54.9 Å². The van der Waals surface area contributed by atoms with Crippen molar-refractivity contribution in [1.29, 1.82) is 0 Å². The molecule has 0 radical (unpaired) electrons. The number of carbonyl (C=O) groups is 1. The molecular weight excluding hydrogens is 364 g/mol. The number of hydrogen-bond donors (Lipinski definition) is 1. The van der Waals surface area contributed by atoms with Crippen molar-refractivity contribution >= 4 is 17.5 Å². The molecule has 1 aromatic carbocycles. The number of aromatic nitrogens is 3. The topological polar surface area (TPSA) is 66.3 Å². The molecule has 0 bridgehead atoms. The summed E-state index contributed by atoms with van der Waals surface area (Å²) in [6.07, 6.45) is 4.94. The van der Waals surface area contributed by atoms with E-state index in [2.05, 4.69) is 27.1 Å². The van der Waals surface area contributed by atoms with Gasteiger partial charge in [-0.3, -0.25) is 0 Å². The first-order valence-corrected chi connectivity index (χ1v) is 10.0. The third-order valence-electron chi connectivity index (χ3n) is 5.18. The number of hydrogen-bond acceptors (Lipinski definition) is 4. The quantitative estimate of drug-likeness (QED) is 0.741. The summed E-state index contributed by atoms with van der Waals surface area (Å²) in [6.45, 7) is 6.81. The smallest absolute Gasteiger partial charge is 0.321 e. The molecule has 2 aromatic heterocycles. The van der Waals surface area contributed by atoms with Gasteiger partial charge in [0.2, 0.25) is 0 Å². The summed E-state index contributed by atoms with van der Waals surface area (Å²) in [4.78, 5) is 25.8. The van der Waals surface area contributed by atoms with Gasteiger partial charge in [0.25, 0.3) is 0 Å². The molecule has 7 nitrogen and oxygen atoms in total. The van der Waals surface area contributed by atoms with Gasteiger partial charge >= 0.3 is 6.03 Å². The second-order valence-corrected chi connectivity index (χ2v) is 7.18. The molecule has 150 valence electrons. The number of urea groups is 1. The van der Waals surface area contributed by atoms with Crippen molar-refractivity contribution in [2.75, 3.05) is 36.4 Å². The molecule has 3 aromatic rings. The average Bonchev–Trinajstić information content (AvgIpc) is 3.29. The van der Waals surface area contributed by atoms with Gasteiger partial charge in [-0.05, 0) is 43.2 Å². The fourth-order valence-corrected chi connectivity index (χ4v) is 3.48. The summed E-state index contributed by atoms with van der Waals surface area (Å²) < 4.78 is 1.98. The minimum atomic E-state index is -0.0548. The lowest BCUT2D eigenvalue weighted by Crippen LogP contribution is -2.50. The molecule has 1 aliphatic rings. The van der Waals surface area contributed by atoms with Crippen molar-refractivity contribution in [3.8, 4) is 5.82 Å². The van der Waals surface area contributed by atoms with Gasteiger partial charge in [-0.2, -0.15) is 0 Å². The normalized spacial score (nSPS) is 14.1. The SMILES string of the molecule is CCc1ccc(NC(=O)N2CCN(c3cc(-n4cccc4)nc(C)n3)CC2)cc1. The highest BCUT2D eigenvalue weighted by atomic mass is 16.2. The van der Waals surface area contributed by atoms with Crippen LogP contribution in [0.25, 0.3) is 5.82 Å². The molecule has 0 spiro atoms. The number of anilines is 2. The summed E-state index contributed by atoms with van der Waals surface area (Å²) >= 11 is 0. The fraction of sp³-hybridized carbons (Fsp3) is 0.318. The van der Waals surface area contributed by atoms with Crippen molar-refractivity contribution < 1.29 is 4.79 Å². The van der Waals surface area contributed by atoms with Crippen molar-refractivity contribution in [3.05, 3.63) is 66.2 Å². The van der Waals surface area contributed by atoms with E-state index in [9.17, 15) is 4.79 Å². The van der Waals surface area contributed by atoms with E-state index in [0.29, 0.717) is 13.1 Å². The first kappa shape index (κ1) is 19.0. The lowest BCUT2D eigenvalue weighted by molar-refractivity contribution is 0.208. The Kier molecular flexibility index (Phi) is 5.46. The molecule has 0 unspecified atom stereocenters. The number of rotatable bonds is 4. The largest absolute Gasteiger partial charge is 0.353 e. The zero-order valence-corrected chi connectivity index (χ0v) is 16.9. The van der Waals surface area contributed by atoms with Gasteiger partial charge in [-0.25, -0.2) is 14.8 Å². The molecule has 7 heteroatoms. The number of nitrogens with zero attached hydrogens (tertiary/aromatic N) is 5. The summed E-state index contributed by atoms with van der Waals surface area (Å²) in [5.74, 6) is 2.49. The van der Waals surface area contributed by atoms with Gasteiger partial charge in [0, 0.05) is 50.3 Å². The summed E-state index contributed by atoms with van der Waals surface area (Å²) in [6, 6.07) is 13.9. The molecule has 1 saturated heterocycles. The van der Waals surface area contributed by atoms with Crippen LogP contribution in [-0.4, -0.2) is 51.6 Å². The highest BCUT2D eigenvalue weighted by Gasteiger charge is 2.22. The Morgan fingerprint density at radius 2 is 1.66 bits per heavy atom. The van der Waals surface area contributed by atoms with Crippen molar-refractivity contribution in [1.82, 2.24) is 19.4 Å². The molecule has 1 N–H and O–H groups in total. The molecular formula is C22H26N6O. The monoisotopic (exact) mass is 390 g/mol. The van der Waals surface area contributed by atoms with E-state index in [-0.39, 0.29) is 6.03 Å². The van der Waals surface area contributed by atoms with Crippen molar-refractivity contribution in [3.63, 3.8) is 0 Å². The van der Waals surface area contributed by atoms with Crippen LogP contribution >= 0.6 is 0 Å². The van der Waals surface area contributed by atoms with Crippen LogP contribution in [0.2, 0.25) is 0 Å². The number of amides is 2. The van der Waals surface area contributed by atoms with E-state index in [1.807, 2.05) is 71.2 Å². The van der Waals surface area contributed by atoms with Crippen LogP contribution in [0.4, 0.5) is 16.3 Å². The Bertz CT molecular complexity index is 959. The molecule has 4 rings (SSSR count). The number of benzene rings is 1. The third kappa shape index (κ3) is 4.39. The van der Waals surface area contributed by atoms with E-state index < -0.39 is 0 Å². The first-order chi connectivity index (χ1) is 14.1. The average molecular weight is 390 g/mol. The first-order valence-electron chi connectivity index (χ1n) is 10.0. The van der Waals surface area contributed by atoms with Gasteiger partial charge in [0.15, 0.2) is 0 Å². The van der Waals surface area contributed by atoms with Crippen LogP contribution in [-0.2, 0) is 6.42 Å². The minimum Gasteiger partial charge on any atom is -0.353 e. The second-order valence-electron chi connectivity index (χ2n) is 7.18. The Hall–Kier alpha value is -3.35. The van der Waals surface area contributed by atoms with Crippen LogP contribution in [0.1, 0.15) is 18.3 Å². The molecule has 1 aliphatic heterocycles. The van der Waals surface area contributed by atoms with E-state index >= 15 is 0 Å². The van der Waals surface area contributed by atoms with Crippen molar-refractivity contribution in [2.45, 2.75) is 20.3 Å². The lowest BCUT2D eigenvalue weighted by atomic mass is 10.1. The number of nitrogens with one attached hydrogen (secondary N) is 1.